The Morgan fingerprint density at radius 3 is 2.66 bits per heavy atom. The van der Waals surface area contributed by atoms with Crippen LogP contribution in [0.25, 0.3) is 0 Å². The van der Waals surface area contributed by atoms with Gasteiger partial charge in [-0.05, 0) is 55.5 Å². The third-order valence-electron chi connectivity index (χ3n) is 5.27. The van der Waals surface area contributed by atoms with E-state index in [0.717, 1.165) is 4.90 Å². The summed E-state index contributed by atoms with van der Waals surface area (Å²) in [4.78, 5) is 13.3. The molecule has 0 spiro atoms. The Morgan fingerprint density at radius 2 is 2.00 bits per heavy atom. The van der Waals surface area contributed by atoms with E-state index in [0.29, 0.717) is 24.1 Å². The van der Waals surface area contributed by atoms with Crippen molar-refractivity contribution in [1.82, 2.24) is 5.32 Å². The first-order chi connectivity index (χ1) is 18.8. The number of carbonyl (C=O) groups excluding carboxylic acids is 1. The van der Waals surface area contributed by atoms with Crippen LogP contribution in [-0.4, -0.2) is 62.6 Å². The number of para-hydroxylation sites is 2. The van der Waals surface area contributed by atoms with Crippen LogP contribution in [-0.2, 0) is 12.8 Å². The molecule has 35 heavy (non-hydrogen) atoms. The molecule has 192 valence electrons. The minimum absolute atomic E-state index is 0.0309. The molecule has 0 fully saturated rings. The van der Waals surface area contributed by atoms with E-state index in [9.17, 15) is 23.1 Å². The average Bonchev–Trinajstić information content (AvgIpc) is 3.29. The van der Waals surface area contributed by atoms with Crippen molar-refractivity contribution in [3.8, 4) is 11.5 Å². The Hall–Kier alpha value is -2.98. The first-order valence-electron chi connectivity index (χ1n) is 14.0. The highest BCUT2D eigenvalue weighted by Crippen LogP contribution is 2.33. The van der Waals surface area contributed by atoms with E-state index in [1.807, 2.05) is 6.92 Å². The van der Waals surface area contributed by atoms with Gasteiger partial charge in [-0.15, -0.1) is 0 Å². The number of carbonyl (C=O) groups is 1. The minimum Gasteiger partial charge on any atom is -0.488 e. The second-order valence-electron chi connectivity index (χ2n) is 8.02. The largest absolute Gasteiger partial charge is 0.488 e. The topological polar surface area (TPSA) is 97.1 Å². The summed E-state index contributed by atoms with van der Waals surface area (Å²) in [6, 6.07) is 9.07. The number of primary amides is 1. The lowest BCUT2D eigenvalue weighted by molar-refractivity contribution is -0.153. The zero-order chi connectivity index (χ0) is 30.8. The van der Waals surface area contributed by atoms with E-state index in [4.69, 9.17) is 23.4 Å². The van der Waals surface area contributed by atoms with Crippen molar-refractivity contribution >= 4 is 11.6 Å². The van der Waals surface area contributed by atoms with Crippen molar-refractivity contribution in [1.29, 1.82) is 0 Å². The van der Waals surface area contributed by atoms with Crippen LogP contribution in [0.3, 0.4) is 0 Å². The molecule has 0 saturated heterocycles. The van der Waals surface area contributed by atoms with Crippen molar-refractivity contribution in [2.24, 2.45) is 5.73 Å². The van der Waals surface area contributed by atoms with Crippen molar-refractivity contribution in [3.63, 3.8) is 0 Å². The van der Waals surface area contributed by atoms with Crippen LogP contribution < -0.4 is 25.4 Å². The molecule has 0 aromatic heterocycles. The number of hydrogen-bond donors (Lipinski definition) is 3. The average molecular weight is 502 g/mol. The van der Waals surface area contributed by atoms with Gasteiger partial charge in [0.05, 0.1) is 14.0 Å². The summed E-state index contributed by atoms with van der Waals surface area (Å²) in [6.45, 7) is -5.72. The Bertz CT molecular complexity index is 1240. The summed E-state index contributed by atoms with van der Waals surface area (Å²) in [6.07, 6.45) is -7.19. The van der Waals surface area contributed by atoms with Gasteiger partial charge in [0.15, 0.2) is 18.1 Å². The molecule has 3 rings (SSSR count). The monoisotopic (exact) mass is 501 g/mol. The molecule has 0 aliphatic carbocycles. The predicted molar refractivity (Wildman–Crippen MR) is 127 cm³/mol. The van der Waals surface area contributed by atoms with Gasteiger partial charge in [-0.1, -0.05) is 18.2 Å². The van der Waals surface area contributed by atoms with Crippen LogP contribution in [0.4, 0.5) is 18.9 Å². The molecule has 0 saturated carbocycles. The number of anilines is 1. The van der Waals surface area contributed by atoms with Gasteiger partial charge in [0, 0.05) is 37.7 Å². The van der Waals surface area contributed by atoms with Crippen LogP contribution >= 0.6 is 0 Å². The summed E-state index contributed by atoms with van der Waals surface area (Å²) in [5.74, 6) is -0.741. The summed E-state index contributed by atoms with van der Waals surface area (Å²) in [5.41, 5.74) is 6.80. The number of aliphatic hydroxyl groups is 1. The van der Waals surface area contributed by atoms with Gasteiger partial charge in [0.25, 0.3) is 5.91 Å². The number of nitrogens with one attached hydrogen (secondary N) is 1. The van der Waals surface area contributed by atoms with Gasteiger partial charge >= 0.3 is 6.18 Å². The van der Waals surface area contributed by atoms with Gasteiger partial charge in [-0.25, -0.2) is 0 Å². The number of hydrogen-bond acceptors (Lipinski definition) is 6. The van der Waals surface area contributed by atoms with Gasteiger partial charge in [-0.2, -0.15) is 13.2 Å². The molecule has 1 amide bonds. The molecule has 0 radical (unpaired) electrons. The normalized spacial score (nSPS) is 17.8. The standard InChI is InChI=1S/C25H32F3N3O4/c1-17(30-8-12-34-21-5-2-3-6-22(21)35-16-25(26,27)28)13-18-14-19-7-10-31(9-4-11-32)23(19)20(15-18)24(29)33/h2-3,5-6,14-15,17,30,32H,4,7-13,16H2,1H3,(H2,29,33)/t17-/m1/s1/i4D2,9D2,11D2. The maximum atomic E-state index is 12.5. The van der Waals surface area contributed by atoms with Gasteiger partial charge in [-0.3, -0.25) is 4.79 Å². The molecule has 1 aliphatic heterocycles. The molecular weight excluding hydrogens is 463 g/mol. The number of ether oxygens (including phenoxy) is 2. The number of amides is 1. The second-order valence-corrected chi connectivity index (χ2v) is 8.02. The Balaban J connectivity index is 1.66. The maximum Gasteiger partial charge on any atom is 0.422 e. The number of alkyl halides is 3. The zero-order valence-corrected chi connectivity index (χ0v) is 19.1. The molecule has 0 unspecified atom stereocenters. The van der Waals surface area contributed by atoms with E-state index in [1.54, 1.807) is 12.1 Å². The lowest BCUT2D eigenvalue weighted by Crippen LogP contribution is -2.32. The van der Waals surface area contributed by atoms with Gasteiger partial charge < -0.3 is 30.5 Å². The number of rotatable bonds is 13. The smallest absolute Gasteiger partial charge is 0.422 e. The van der Waals surface area contributed by atoms with Crippen LogP contribution in [0, 0.1) is 0 Å². The number of benzene rings is 2. The Kier molecular flexibility index (Phi) is 6.66. The van der Waals surface area contributed by atoms with Gasteiger partial charge in [0.2, 0.25) is 0 Å². The molecule has 2 aromatic carbocycles. The van der Waals surface area contributed by atoms with Crippen LogP contribution in [0.2, 0.25) is 0 Å². The number of fused-ring (bicyclic) bond motifs is 1. The molecule has 0 bridgehead atoms. The molecule has 1 aliphatic rings. The fraction of sp³-hybridized carbons (Fsp3) is 0.480. The van der Waals surface area contributed by atoms with Gasteiger partial charge in [0.1, 0.15) is 6.61 Å². The highest BCUT2D eigenvalue weighted by Gasteiger charge is 2.29. The summed E-state index contributed by atoms with van der Waals surface area (Å²) < 4.78 is 95.1. The lowest BCUT2D eigenvalue weighted by Gasteiger charge is -2.22. The van der Waals surface area contributed by atoms with Crippen molar-refractivity contribution in [2.45, 2.75) is 38.4 Å². The summed E-state index contributed by atoms with van der Waals surface area (Å²) in [7, 11) is 0. The first-order valence-corrected chi connectivity index (χ1v) is 11.0. The zero-order valence-electron chi connectivity index (χ0n) is 25.1. The van der Waals surface area contributed by atoms with Crippen molar-refractivity contribution in [3.05, 3.63) is 53.1 Å². The minimum atomic E-state index is -4.48. The summed E-state index contributed by atoms with van der Waals surface area (Å²) >= 11 is 0. The number of nitrogens with two attached hydrogens (primary N) is 1. The fourth-order valence-corrected chi connectivity index (χ4v) is 3.86. The lowest BCUT2D eigenvalue weighted by atomic mass is 9.98. The third-order valence-corrected chi connectivity index (χ3v) is 5.27. The third kappa shape index (κ3) is 7.76. The summed E-state index contributed by atoms with van der Waals surface area (Å²) in [5, 5.41) is 12.9. The highest BCUT2D eigenvalue weighted by atomic mass is 19.4. The van der Waals surface area contributed by atoms with Crippen LogP contribution in [0.1, 0.15) is 43.0 Å². The molecular formula is C25H32F3N3O4. The second kappa shape index (κ2) is 12.1. The Labute approximate surface area is 211 Å². The highest BCUT2D eigenvalue weighted by molar-refractivity contribution is 6.00. The SMILES string of the molecule is [2H]C([2H])(O)C([2H])([2H])C([2H])([2H])N1CCc2cc(C[C@@H](C)NCCOc3ccccc3OCC(F)(F)F)cc(C(N)=O)c21. The molecule has 2 aromatic rings. The molecule has 7 nitrogen and oxygen atoms in total. The van der Waals surface area contributed by atoms with E-state index in [1.165, 1.54) is 24.3 Å². The van der Waals surface area contributed by atoms with Crippen molar-refractivity contribution in [2.75, 3.05) is 44.3 Å². The molecule has 10 heteroatoms. The first kappa shape index (κ1) is 19.2. The van der Waals surface area contributed by atoms with Crippen LogP contribution in [0.15, 0.2) is 36.4 Å². The molecule has 1 heterocycles. The fourth-order valence-electron chi connectivity index (χ4n) is 3.86. The quantitative estimate of drug-likeness (QED) is 0.365. The number of nitrogens with zero attached hydrogens (tertiary/aromatic N) is 1. The van der Waals surface area contributed by atoms with Crippen molar-refractivity contribution < 1.29 is 40.8 Å². The Morgan fingerprint density at radius 1 is 1.29 bits per heavy atom. The van der Waals surface area contributed by atoms with E-state index in [-0.39, 0.29) is 48.4 Å². The maximum absolute atomic E-state index is 12.5. The predicted octanol–water partition coefficient (Wildman–Crippen LogP) is 3.07. The molecule has 4 N–H and O–H groups in total. The van der Waals surface area contributed by atoms with E-state index >= 15 is 0 Å². The van der Waals surface area contributed by atoms with E-state index in [2.05, 4.69) is 5.32 Å². The van der Waals surface area contributed by atoms with E-state index < -0.39 is 38.1 Å². The van der Waals surface area contributed by atoms with Crippen LogP contribution in [0.5, 0.6) is 11.5 Å². The number of halogens is 3. The molecule has 1 atom stereocenters.